The van der Waals surface area contributed by atoms with Crippen LogP contribution in [0.4, 0.5) is 0 Å². The van der Waals surface area contributed by atoms with E-state index in [1.54, 1.807) is 0 Å². The molecule has 2 N–H and O–H groups in total. The van der Waals surface area contributed by atoms with Gasteiger partial charge in [-0.05, 0) is 37.3 Å². The monoisotopic (exact) mass is 260 g/mol. The fourth-order valence-corrected chi connectivity index (χ4v) is 3.34. The van der Waals surface area contributed by atoms with Gasteiger partial charge in [-0.1, -0.05) is 39.5 Å². The molecule has 0 aromatic carbocycles. The first-order valence-electron chi connectivity index (χ1n) is 7.06. The van der Waals surface area contributed by atoms with Crippen LogP contribution < -0.4 is 5.73 Å². The second kappa shape index (κ2) is 6.40. The van der Waals surface area contributed by atoms with Gasteiger partial charge in [-0.2, -0.15) is 0 Å². The minimum atomic E-state index is 0. The highest BCUT2D eigenvalue weighted by Crippen LogP contribution is 2.30. The van der Waals surface area contributed by atoms with Gasteiger partial charge < -0.3 is 10.6 Å². The average molecular weight is 261 g/mol. The fourth-order valence-electron chi connectivity index (χ4n) is 3.34. The number of likely N-dealkylation sites (tertiary alicyclic amines) is 1. The van der Waals surface area contributed by atoms with E-state index in [1.807, 2.05) is 0 Å². The van der Waals surface area contributed by atoms with Crippen molar-refractivity contribution >= 4 is 12.4 Å². The molecule has 1 atom stereocenters. The van der Waals surface area contributed by atoms with E-state index >= 15 is 0 Å². The van der Waals surface area contributed by atoms with Crippen LogP contribution in [0.3, 0.4) is 0 Å². The molecule has 2 nitrogen and oxygen atoms in total. The molecule has 0 spiro atoms. The molecular formula is C14H29ClN2. The van der Waals surface area contributed by atoms with Gasteiger partial charge >= 0.3 is 0 Å². The Morgan fingerprint density at radius 3 is 2.41 bits per heavy atom. The molecule has 0 amide bonds. The molecule has 2 rings (SSSR count). The Hall–Kier alpha value is 0.210. The molecule has 102 valence electrons. The van der Waals surface area contributed by atoms with Crippen LogP contribution in [0, 0.1) is 11.3 Å². The highest BCUT2D eigenvalue weighted by Gasteiger charge is 2.33. The molecule has 0 aromatic rings. The molecule has 1 aliphatic heterocycles. The summed E-state index contributed by atoms with van der Waals surface area (Å²) in [6.07, 6.45) is 8.51. The zero-order valence-electron chi connectivity index (χ0n) is 11.5. The van der Waals surface area contributed by atoms with E-state index in [2.05, 4.69) is 18.7 Å². The summed E-state index contributed by atoms with van der Waals surface area (Å²) in [5.41, 5.74) is 6.48. The second-order valence-electron chi connectivity index (χ2n) is 6.60. The fraction of sp³-hybridized carbons (Fsp3) is 1.00. The summed E-state index contributed by atoms with van der Waals surface area (Å²) in [5, 5.41) is 0. The van der Waals surface area contributed by atoms with Gasteiger partial charge in [-0.3, -0.25) is 0 Å². The number of nitrogens with two attached hydrogens (primary N) is 1. The Kier molecular flexibility index (Phi) is 5.75. The molecule has 1 saturated heterocycles. The third kappa shape index (κ3) is 4.11. The molecule has 1 saturated carbocycles. The Morgan fingerprint density at radius 1 is 1.18 bits per heavy atom. The predicted octanol–water partition coefficient (Wildman–Crippen LogP) is 3.05. The van der Waals surface area contributed by atoms with Crippen LogP contribution in [0.2, 0.25) is 0 Å². The van der Waals surface area contributed by atoms with E-state index in [0.717, 1.165) is 5.92 Å². The SMILES string of the molecule is CC1(C)CN(CCC2CCCC2)CCC1N.Cl. The van der Waals surface area contributed by atoms with Crippen molar-refractivity contribution in [2.45, 2.75) is 58.4 Å². The molecular weight excluding hydrogens is 232 g/mol. The van der Waals surface area contributed by atoms with E-state index in [0.29, 0.717) is 11.5 Å². The third-order valence-electron chi connectivity index (χ3n) is 4.72. The summed E-state index contributed by atoms with van der Waals surface area (Å²) in [5.74, 6) is 1.03. The maximum atomic E-state index is 6.17. The Bertz CT molecular complexity index is 224. The summed E-state index contributed by atoms with van der Waals surface area (Å²) in [6, 6.07) is 0.398. The standard InChI is InChI=1S/C14H28N2.ClH/c1-14(2)11-16(10-8-13(14)15)9-7-12-5-3-4-6-12;/h12-13H,3-11,15H2,1-2H3;1H. The summed E-state index contributed by atoms with van der Waals surface area (Å²) in [4.78, 5) is 2.64. The first-order chi connectivity index (χ1) is 7.58. The van der Waals surface area contributed by atoms with Crippen LogP contribution >= 0.6 is 12.4 Å². The van der Waals surface area contributed by atoms with Crippen LogP contribution in [0.1, 0.15) is 52.4 Å². The Labute approximate surface area is 113 Å². The van der Waals surface area contributed by atoms with Crippen LogP contribution in [0.15, 0.2) is 0 Å². The third-order valence-corrected chi connectivity index (χ3v) is 4.72. The van der Waals surface area contributed by atoms with Gasteiger partial charge in [0.2, 0.25) is 0 Å². The van der Waals surface area contributed by atoms with Crippen LogP contribution in [-0.2, 0) is 0 Å². The summed E-state index contributed by atoms with van der Waals surface area (Å²) in [6.45, 7) is 8.36. The van der Waals surface area contributed by atoms with E-state index in [1.165, 1.54) is 58.2 Å². The lowest BCUT2D eigenvalue weighted by molar-refractivity contribution is 0.0906. The Balaban J connectivity index is 0.00000144. The molecule has 1 heterocycles. The van der Waals surface area contributed by atoms with E-state index < -0.39 is 0 Å². The molecule has 1 aliphatic carbocycles. The van der Waals surface area contributed by atoms with Crippen molar-refractivity contribution in [3.63, 3.8) is 0 Å². The number of hydrogen-bond acceptors (Lipinski definition) is 2. The first-order valence-corrected chi connectivity index (χ1v) is 7.06. The maximum Gasteiger partial charge on any atom is 0.0115 e. The molecule has 2 fully saturated rings. The lowest BCUT2D eigenvalue weighted by Gasteiger charge is -2.43. The quantitative estimate of drug-likeness (QED) is 0.845. The van der Waals surface area contributed by atoms with Crippen molar-refractivity contribution in [2.24, 2.45) is 17.1 Å². The minimum absolute atomic E-state index is 0. The number of nitrogens with zero attached hydrogens (tertiary/aromatic N) is 1. The molecule has 2 aliphatic rings. The number of hydrogen-bond donors (Lipinski definition) is 1. The zero-order valence-corrected chi connectivity index (χ0v) is 12.3. The number of piperidine rings is 1. The molecule has 17 heavy (non-hydrogen) atoms. The van der Waals surface area contributed by atoms with Crippen molar-refractivity contribution in [3.05, 3.63) is 0 Å². The smallest absolute Gasteiger partial charge is 0.0115 e. The van der Waals surface area contributed by atoms with E-state index in [9.17, 15) is 0 Å². The predicted molar refractivity (Wildman–Crippen MR) is 76.6 cm³/mol. The topological polar surface area (TPSA) is 29.3 Å². The van der Waals surface area contributed by atoms with E-state index in [-0.39, 0.29) is 12.4 Å². The molecule has 0 aromatic heterocycles. The summed E-state index contributed by atoms with van der Waals surface area (Å²) in [7, 11) is 0. The number of rotatable bonds is 3. The van der Waals surface area contributed by atoms with Gasteiger partial charge in [0, 0.05) is 12.6 Å². The van der Waals surface area contributed by atoms with Gasteiger partial charge in [0.25, 0.3) is 0 Å². The summed E-state index contributed by atoms with van der Waals surface area (Å²) < 4.78 is 0. The van der Waals surface area contributed by atoms with Crippen molar-refractivity contribution in [1.29, 1.82) is 0 Å². The highest BCUT2D eigenvalue weighted by atomic mass is 35.5. The molecule has 0 radical (unpaired) electrons. The first kappa shape index (κ1) is 15.3. The van der Waals surface area contributed by atoms with Gasteiger partial charge in [-0.15, -0.1) is 12.4 Å². The van der Waals surface area contributed by atoms with E-state index in [4.69, 9.17) is 5.73 Å². The van der Waals surface area contributed by atoms with Crippen molar-refractivity contribution in [3.8, 4) is 0 Å². The second-order valence-corrected chi connectivity index (χ2v) is 6.60. The lowest BCUT2D eigenvalue weighted by Crippen LogP contribution is -2.52. The minimum Gasteiger partial charge on any atom is -0.327 e. The Morgan fingerprint density at radius 2 is 1.82 bits per heavy atom. The van der Waals surface area contributed by atoms with Gasteiger partial charge in [0.1, 0.15) is 0 Å². The van der Waals surface area contributed by atoms with Crippen molar-refractivity contribution < 1.29 is 0 Å². The van der Waals surface area contributed by atoms with Gasteiger partial charge in [0.15, 0.2) is 0 Å². The van der Waals surface area contributed by atoms with Crippen LogP contribution in [-0.4, -0.2) is 30.6 Å². The maximum absolute atomic E-state index is 6.17. The van der Waals surface area contributed by atoms with Gasteiger partial charge in [0.05, 0.1) is 0 Å². The summed E-state index contributed by atoms with van der Waals surface area (Å²) >= 11 is 0. The van der Waals surface area contributed by atoms with Crippen molar-refractivity contribution in [2.75, 3.05) is 19.6 Å². The normalized spacial score (nSPS) is 30.2. The zero-order chi connectivity index (χ0) is 11.6. The lowest BCUT2D eigenvalue weighted by atomic mass is 9.79. The van der Waals surface area contributed by atoms with Crippen LogP contribution in [0.25, 0.3) is 0 Å². The molecule has 0 bridgehead atoms. The average Bonchev–Trinajstić information content (AvgIpc) is 2.72. The number of halogens is 1. The molecule has 3 heteroatoms. The van der Waals surface area contributed by atoms with Crippen molar-refractivity contribution in [1.82, 2.24) is 4.90 Å². The highest BCUT2D eigenvalue weighted by molar-refractivity contribution is 5.85. The van der Waals surface area contributed by atoms with Gasteiger partial charge in [-0.25, -0.2) is 0 Å². The molecule has 1 unspecified atom stereocenters. The largest absolute Gasteiger partial charge is 0.327 e. The van der Waals surface area contributed by atoms with Crippen LogP contribution in [0.5, 0.6) is 0 Å².